The predicted molar refractivity (Wildman–Crippen MR) is 66.9 cm³/mol. The lowest BCUT2D eigenvalue weighted by Gasteiger charge is -2.17. The molecular formula is C11H13ClN2O2S. The number of hydrogen-bond donors (Lipinski definition) is 1. The van der Waals surface area contributed by atoms with Gasteiger partial charge in [0.15, 0.2) is 0 Å². The summed E-state index contributed by atoms with van der Waals surface area (Å²) in [6.07, 6.45) is 0. The number of rotatable bonds is 4. The van der Waals surface area contributed by atoms with Crippen molar-refractivity contribution in [2.45, 2.75) is 25.1 Å². The van der Waals surface area contributed by atoms with E-state index < -0.39 is 15.6 Å². The maximum atomic E-state index is 11.8. The maximum absolute atomic E-state index is 11.8. The third-order valence-electron chi connectivity index (χ3n) is 1.96. The van der Waals surface area contributed by atoms with Crippen molar-refractivity contribution >= 4 is 21.6 Å². The highest BCUT2D eigenvalue weighted by molar-refractivity contribution is 7.88. The molecule has 1 aromatic carbocycles. The van der Waals surface area contributed by atoms with Gasteiger partial charge in [0.2, 0.25) is 10.0 Å². The van der Waals surface area contributed by atoms with Crippen molar-refractivity contribution in [2.24, 2.45) is 0 Å². The molecule has 92 valence electrons. The van der Waals surface area contributed by atoms with Crippen LogP contribution < -0.4 is 4.72 Å². The fourth-order valence-corrected chi connectivity index (χ4v) is 2.90. The van der Waals surface area contributed by atoms with E-state index >= 15 is 0 Å². The summed E-state index contributed by atoms with van der Waals surface area (Å²) in [5, 5.41) is 9.32. The lowest BCUT2D eigenvalue weighted by Crippen LogP contribution is -2.42. The number of nitrogens with zero attached hydrogens (tertiary/aromatic N) is 1. The fourth-order valence-electron chi connectivity index (χ4n) is 1.25. The molecule has 0 spiro atoms. The minimum Gasteiger partial charge on any atom is -0.212 e. The molecule has 0 bridgehead atoms. The van der Waals surface area contributed by atoms with Crippen molar-refractivity contribution in [2.75, 3.05) is 0 Å². The van der Waals surface area contributed by atoms with E-state index in [9.17, 15) is 8.42 Å². The molecule has 0 saturated carbocycles. The summed E-state index contributed by atoms with van der Waals surface area (Å²) in [4.78, 5) is 0. The van der Waals surface area contributed by atoms with E-state index in [1.54, 1.807) is 24.3 Å². The highest BCUT2D eigenvalue weighted by Gasteiger charge is 2.24. The first-order valence-corrected chi connectivity index (χ1v) is 6.94. The van der Waals surface area contributed by atoms with Crippen molar-refractivity contribution in [1.29, 1.82) is 5.26 Å². The average molecular weight is 273 g/mol. The molecule has 0 amide bonds. The summed E-state index contributed by atoms with van der Waals surface area (Å²) >= 11 is 5.70. The second-order valence-electron chi connectivity index (χ2n) is 4.22. The normalized spacial score (nSPS) is 12.1. The summed E-state index contributed by atoms with van der Waals surface area (Å²) in [6.45, 7) is 3.01. The Labute approximate surface area is 106 Å². The second-order valence-corrected chi connectivity index (χ2v) is 6.38. The molecule has 0 unspecified atom stereocenters. The van der Waals surface area contributed by atoms with Crippen LogP contribution in [0.15, 0.2) is 24.3 Å². The summed E-state index contributed by atoms with van der Waals surface area (Å²) in [5.41, 5.74) is -0.485. The van der Waals surface area contributed by atoms with Crippen LogP contribution in [0.2, 0.25) is 5.02 Å². The quantitative estimate of drug-likeness (QED) is 0.912. The minimum absolute atomic E-state index is 0.171. The first-order chi connectivity index (χ1) is 7.74. The molecule has 1 N–H and O–H groups in total. The third kappa shape index (κ3) is 4.73. The molecule has 0 aliphatic carbocycles. The van der Waals surface area contributed by atoms with Crippen LogP contribution in [0.4, 0.5) is 0 Å². The zero-order chi connectivity index (χ0) is 13.1. The number of nitrogens with one attached hydrogen (secondary N) is 1. The molecule has 1 rings (SSSR count). The number of halogens is 1. The minimum atomic E-state index is -3.53. The van der Waals surface area contributed by atoms with Crippen molar-refractivity contribution in [3.05, 3.63) is 34.9 Å². The van der Waals surface area contributed by atoms with Gasteiger partial charge in [-0.15, -0.1) is 0 Å². The molecule has 4 nitrogen and oxygen atoms in total. The number of sulfonamides is 1. The molecule has 0 fully saturated rings. The van der Waals surface area contributed by atoms with Gasteiger partial charge in [0.05, 0.1) is 11.8 Å². The molecule has 6 heteroatoms. The van der Waals surface area contributed by atoms with Gasteiger partial charge in [-0.05, 0) is 31.5 Å². The third-order valence-corrected chi connectivity index (χ3v) is 3.75. The predicted octanol–water partition coefficient (Wildman–Crippen LogP) is 2.06. The molecule has 0 aromatic heterocycles. The second kappa shape index (κ2) is 5.05. The van der Waals surface area contributed by atoms with Crippen molar-refractivity contribution in [3.8, 4) is 6.07 Å². The monoisotopic (exact) mass is 272 g/mol. The van der Waals surface area contributed by atoms with Crippen molar-refractivity contribution in [1.82, 2.24) is 4.72 Å². The van der Waals surface area contributed by atoms with Gasteiger partial charge in [-0.2, -0.15) is 9.98 Å². The number of hydrogen-bond acceptors (Lipinski definition) is 3. The van der Waals surface area contributed by atoms with Crippen LogP contribution in [0.5, 0.6) is 0 Å². The smallest absolute Gasteiger partial charge is 0.212 e. The van der Waals surface area contributed by atoms with Crippen LogP contribution in [-0.4, -0.2) is 14.0 Å². The SMILES string of the molecule is CC(C)(C#N)NS(=O)(=O)Cc1ccc(Cl)cc1. The average Bonchev–Trinajstić information content (AvgIpc) is 2.20. The van der Waals surface area contributed by atoms with Gasteiger partial charge in [-0.3, -0.25) is 0 Å². The molecule has 0 aliphatic rings. The topological polar surface area (TPSA) is 70.0 Å². The summed E-state index contributed by atoms with van der Waals surface area (Å²) in [7, 11) is -3.53. The Morgan fingerprint density at radius 2 is 1.88 bits per heavy atom. The molecule has 0 atom stereocenters. The Balaban J connectivity index is 2.81. The van der Waals surface area contributed by atoms with Gasteiger partial charge in [0.25, 0.3) is 0 Å². The van der Waals surface area contributed by atoms with E-state index in [2.05, 4.69) is 4.72 Å². The Morgan fingerprint density at radius 1 is 1.35 bits per heavy atom. The number of nitriles is 1. The highest BCUT2D eigenvalue weighted by atomic mass is 35.5. The zero-order valence-corrected chi connectivity index (χ0v) is 11.1. The zero-order valence-electron chi connectivity index (χ0n) is 9.57. The molecule has 0 saturated heterocycles. The first kappa shape index (κ1) is 14.0. The summed E-state index contributed by atoms with van der Waals surface area (Å²) in [6, 6.07) is 8.41. The highest BCUT2D eigenvalue weighted by Crippen LogP contribution is 2.13. The fraction of sp³-hybridized carbons (Fsp3) is 0.364. The van der Waals surface area contributed by atoms with Crippen molar-refractivity contribution < 1.29 is 8.42 Å². The van der Waals surface area contributed by atoms with Crippen LogP contribution in [-0.2, 0) is 15.8 Å². The van der Waals surface area contributed by atoms with Crippen LogP contribution >= 0.6 is 11.6 Å². The molecule has 0 heterocycles. The first-order valence-electron chi connectivity index (χ1n) is 4.91. The van der Waals surface area contributed by atoms with Gasteiger partial charge in [-0.25, -0.2) is 8.42 Å². The van der Waals surface area contributed by atoms with Crippen LogP contribution in [0.1, 0.15) is 19.4 Å². The number of benzene rings is 1. The van der Waals surface area contributed by atoms with E-state index in [1.165, 1.54) is 13.8 Å². The van der Waals surface area contributed by atoms with Gasteiger partial charge < -0.3 is 0 Å². The molecular weight excluding hydrogens is 260 g/mol. The lowest BCUT2D eigenvalue weighted by molar-refractivity contribution is 0.535. The molecule has 0 radical (unpaired) electrons. The van der Waals surface area contributed by atoms with E-state index in [-0.39, 0.29) is 5.75 Å². The van der Waals surface area contributed by atoms with Gasteiger partial charge in [0, 0.05) is 5.02 Å². The van der Waals surface area contributed by atoms with E-state index in [0.29, 0.717) is 10.6 Å². The Bertz CT molecular complexity index is 530. The van der Waals surface area contributed by atoms with E-state index in [0.717, 1.165) is 0 Å². The van der Waals surface area contributed by atoms with E-state index in [4.69, 9.17) is 16.9 Å². The van der Waals surface area contributed by atoms with E-state index in [1.807, 2.05) is 6.07 Å². The molecule has 17 heavy (non-hydrogen) atoms. The lowest BCUT2D eigenvalue weighted by atomic mass is 10.1. The van der Waals surface area contributed by atoms with Gasteiger partial charge in [0.1, 0.15) is 5.54 Å². The Morgan fingerprint density at radius 3 is 2.35 bits per heavy atom. The maximum Gasteiger partial charge on any atom is 0.217 e. The van der Waals surface area contributed by atoms with Crippen LogP contribution in [0.3, 0.4) is 0 Å². The largest absolute Gasteiger partial charge is 0.217 e. The van der Waals surface area contributed by atoms with Gasteiger partial charge >= 0.3 is 0 Å². The molecule has 1 aromatic rings. The van der Waals surface area contributed by atoms with Crippen LogP contribution in [0, 0.1) is 11.3 Å². The van der Waals surface area contributed by atoms with Gasteiger partial charge in [-0.1, -0.05) is 23.7 Å². The van der Waals surface area contributed by atoms with Crippen molar-refractivity contribution in [3.63, 3.8) is 0 Å². The Hall–Kier alpha value is -1.09. The summed E-state index contributed by atoms with van der Waals surface area (Å²) < 4.78 is 25.9. The molecule has 0 aliphatic heterocycles. The Kier molecular flexibility index (Phi) is 4.15. The van der Waals surface area contributed by atoms with Crippen LogP contribution in [0.25, 0.3) is 0 Å². The summed E-state index contributed by atoms with van der Waals surface area (Å²) in [5.74, 6) is -0.171. The standard InChI is InChI=1S/C11H13ClN2O2S/c1-11(2,8-13)14-17(15,16)7-9-3-5-10(12)6-4-9/h3-6,14H,7H2,1-2H3.